The van der Waals surface area contributed by atoms with Crippen LogP contribution in [0.4, 0.5) is 40.8 Å². The SMILES string of the molecule is FC1(F)CCN(CC2CCOCC2)CC12CCN(c1cccnc1)C2.O=C(O)C(F)(F)F.O=C(O)C(F)(F)F. The number of anilines is 1. The van der Waals surface area contributed by atoms with Crippen molar-refractivity contribution in [3.63, 3.8) is 0 Å². The van der Waals surface area contributed by atoms with Crippen molar-refractivity contribution in [2.45, 2.75) is 44.0 Å². The summed E-state index contributed by atoms with van der Waals surface area (Å²) in [6.07, 6.45) is -4.01. The lowest BCUT2D eigenvalue weighted by Gasteiger charge is -2.47. The molecule has 4 rings (SSSR count). The second-order valence-electron chi connectivity index (χ2n) is 9.51. The Hall–Kier alpha value is -2.75. The minimum absolute atomic E-state index is 0.0168. The number of aliphatic carboxylic acids is 2. The summed E-state index contributed by atoms with van der Waals surface area (Å²) in [5.74, 6) is -7.51. The zero-order chi connectivity index (χ0) is 29.5. The zero-order valence-corrected chi connectivity index (χ0v) is 20.6. The van der Waals surface area contributed by atoms with Crippen molar-refractivity contribution in [1.82, 2.24) is 9.88 Å². The maximum absolute atomic E-state index is 14.9. The molecule has 3 fully saturated rings. The molecule has 8 nitrogen and oxygen atoms in total. The van der Waals surface area contributed by atoms with Crippen molar-refractivity contribution in [2.24, 2.45) is 11.3 Å². The molecule has 3 saturated heterocycles. The normalized spacial score (nSPS) is 23.8. The molecule has 0 amide bonds. The third-order valence-electron chi connectivity index (χ3n) is 6.75. The molecule has 0 bridgehead atoms. The third kappa shape index (κ3) is 9.44. The van der Waals surface area contributed by atoms with Crippen molar-refractivity contribution in [1.29, 1.82) is 0 Å². The third-order valence-corrected chi connectivity index (χ3v) is 6.75. The number of pyridine rings is 1. The molecular formula is C23H29F8N3O5. The summed E-state index contributed by atoms with van der Waals surface area (Å²) < 4.78 is 98.7. The van der Waals surface area contributed by atoms with Gasteiger partial charge in [0.1, 0.15) is 0 Å². The van der Waals surface area contributed by atoms with Gasteiger partial charge in [-0.2, -0.15) is 26.3 Å². The van der Waals surface area contributed by atoms with Gasteiger partial charge in [0.15, 0.2) is 0 Å². The van der Waals surface area contributed by atoms with Gasteiger partial charge in [-0.25, -0.2) is 18.4 Å². The smallest absolute Gasteiger partial charge is 0.475 e. The van der Waals surface area contributed by atoms with E-state index in [0.717, 1.165) is 38.3 Å². The van der Waals surface area contributed by atoms with Gasteiger partial charge >= 0.3 is 24.3 Å². The average Bonchev–Trinajstić information content (AvgIpc) is 3.28. The van der Waals surface area contributed by atoms with Gasteiger partial charge in [-0.15, -0.1) is 0 Å². The van der Waals surface area contributed by atoms with Crippen LogP contribution in [0.5, 0.6) is 0 Å². The fraction of sp³-hybridized carbons (Fsp3) is 0.696. The second-order valence-corrected chi connectivity index (χ2v) is 9.51. The maximum Gasteiger partial charge on any atom is 0.490 e. The van der Waals surface area contributed by atoms with Gasteiger partial charge in [0.25, 0.3) is 5.92 Å². The summed E-state index contributed by atoms with van der Waals surface area (Å²) >= 11 is 0. The van der Waals surface area contributed by atoms with Gasteiger partial charge in [0.05, 0.1) is 17.3 Å². The van der Waals surface area contributed by atoms with E-state index in [-0.39, 0.29) is 6.42 Å². The van der Waals surface area contributed by atoms with E-state index in [2.05, 4.69) is 14.8 Å². The fourth-order valence-electron chi connectivity index (χ4n) is 4.70. The summed E-state index contributed by atoms with van der Waals surface area (Å²) in [4.78, 5) is 26.3. The minimum Gasteiger partial charge on any atom is -0.475 e. The van der Waals surface area contributed by atoms with E-state index in [1.54, 1.807) is 12.4 Å². The van der Waals surface area contributed by atoms with Gasteiger partial charge in [0.2, 0.25) is 0 Å². The van der Waals surface area contributed by atoms with Crippen LogP contribution in [0.3, 0.4) is 0 Å². The molecular weight excluding hydrogens is 550 g/mol. The molecule has 3 aliphatic rings. The first-order valence-electron chi connectivity index (χ1n) is 11.9. The molecule has 0 saturated carbocycles. The van der Waals surface area contributed by atoms with Gasteiger partial charge < -0.3 is 24.7 Å². The predicted octanol–water partition coefficient (Wildman–Crippen LogP) is 4.31. The average molecular weight is 579 g/mol. The molecule has 0 aliphatic carbocycles. The minimum atomic E-state index is -5.08. The Bertz CT molecular complexity index is 918. The molecule has 3 aliphatic heterocycles. The van der Waals surface area contributed by atoms with Crippen molar-refractivity contribution >= 4 is 17.6 Å². The number of carboxylic acid groups (broad SMARTS) is 2. The second kappa shape index (κ2) is 13.1. The Kier molecular flexibility index (Phi) is 10.9. The van der Waals surface area contributed by atoms with Crippen molar-refractivity contribution in [3.8, 4) is 0 Å². The fourth-order valence-corrected chi connectivity index (χ4v) is 4.70. The maximum atomic E-state index is 14.9. The zero-order valence-electron chi connectivity index (χ0n) is 20.6. The highest BCUT2D eigenvalue weighted by atomic mass is 19.4. The molecule has 0 aromatic carbocycles. The first-order chi connectivity index (χ1) is 18.0. The van der Waals surface area contributed by atoms with Crippen LogP contribution in [0.15, 0.2) is 24.5 Å². The van der Waals surface area contributed by atoms with E-state index in [1.807, 2.05) is 12.1 Å². The van der Waals surface area contributed by atoms with Crippen LogP contribution in [0.25, 0.3) is 0 Å². The van der Waals surface area contributed by atoms with E-state index in [4.69, 9.17) is 24.5 Å². The summed E-state index contributed by atoms with van der Waals surface area (Å²) in [5.41, 5.74) is 0.0310. The van der Waals surface area contributed by atoms with Gasteiger partial charge in [-0.05, 0) is 37.3 Å². The molecule has 2 N–H and O–H groups in total. The van der Waals surface area contributed by atoms with E-state index in [9.17, 15) is 35.1 Å². The standard InChI is InChI=1S/C19H27F2N3O.2C2HF3O2/c20-19(21)6-8-23(13-16-3-10-25-11-4-16)14-18(19)5-9-24(15-18)17-2-1-7-22-12-17;2*3-2(4,5)1(6)7/h1-2,7,12,16H,3-6,8-11,13-15H2;2*(H,6,7). The number of carbonyl (C=O) groups is 2. The first kappa shape index (κ1) is 32.5. The number of ether oxygens (including phenoxy) is 1. The Morgan fingerprint density at radius 1 is 0.974 bits per heavy atom. The summed E-state index contributed by atoms with van der Waals surface area (Å²) in [5, 5.41) is 14.2. The van der Waals surface area contributed by atoms with Crippen LogP contribution >= 0.6 is 0 Å². The van der Waals surface area contributed by atoms with Crippen molar-refractivity contribution < 1.29 is 59.7 Å². The monoisotopic (exact) mass is 579 g/mol. The Labute approximate surface area is 218 Å². The lowest BCUT2D eigenvalue weighted by Crippen LogP contribution is -2.57. The van der Waals surface area contributed by atoms with Crippen molar-refractivity contribution in [2.75, 3.05) is 50.8 Å². The molecule has 39 heavy (non-hydrogen) atoms. The summed E-state index contributed by atoms with van der Waals surface area (Å²) in [6, 6.07) is 3.84. The first-order valence-corrected chi connectivity index (χ1v) is 11.9. The van der Waals surface area contributed by atoms with Crippen molar-refractivity contribution in [3.05, 3.63) is 24.5 Å². The molecule has 1 aromatic heterocycles. The number of halogens is 8. The van der Waals surface area contributed by atoms with Crippen LogP contribution in [0, 0.1) is 11.3 Å². The number of piperidine rings is 1. The van der Waals surface area contributed by atoms with Gasteiger partial charge in [0, 0.05) is 58.6 Å². The number of carboxylic acids is 2. The quantitative estimate of drug-likeness (QED) is 0.511. The summed E-state index contributed by atoms with van der Waals surface area (Å²) in [7, 11) is 0. The van der Waals surface area contributed by atoms with Crippen LogP contribution in [0.2, 0.25) is 0 Å². The van der Waals surface area contributed by atoms with E-state index >= 15 is 0 Å². The van der Waals surface area contributed by atoms with Crippen LogP contribution in [-0.2, 0) is 14.3 Å². The Morgan fingerprint density at radius 2 is 1.54 bits per heavy atom. The molecule has 4 heterocycles. The van der Waals surface area contributed by atoms with Gasteiger partial charge in [-0.1, -0.05) is 0 Å². The number of alkyl halides is 8. The molecule has 1 unspecified atom stereocenters. The Balaban J connectivity index is 0.000000317. The van der Waals surface area contributed by atoms with Crippen LogP contribution < -0.4 is 4.90 Å². The Morgan fingerprint density at radius 3 is 2.03 bits per heavy atom. The number of rotatable bonds is 3. The largest absolute Gasteiger partial charge is 0.490 e. The number of aromatic nitrogens is 1. The number of hydrogen-bond acceptors (Lipinski definition) is 6. The molecule has 222 valence electrons. The molecule has 1 spiro atoms. The van der Waals surface area contributed by atoms with E-state index < -0.39 is 35.6 Å². The van der Waals surface area contributed by atoms with E-state index in [1.165, 1.54) is 0 Å². The number of likely N-dealkylation sites (tertiary alicyclic amines) is 1. The highest BCUT2D eigenvalue weighted by Gasteiger charge is 2.59. The highest BCUT2D eigenvalue weighted by molar-refractivity contribution is 5.73. The molecule has 1 aromatic rings. The predicted molar refractivity (Wildman–Crippen MR) is 120 cm³/mol. The summed E-state index contributed by atoms with van der Waals surface area (Å²) in [6.45, 7) is 4.70. The molecule has 1 atom stereocenters. The topological polar surface area (TPSA) is 103 Å². The lowest BCUT2D eigenvalue weighted by molar-refractivity contribution is -0.193. The molecule has 16 heteroatoms. The number of nitrogens with zero attached hydrogens (tertiary/aromatic N) is 3. The van der Waals surface area contributed by atoms with Crippen LogP contribution in [0.1, 0.15) is 25.7 Å². The van der Waals surface area contributed by atoms with Crippen LogP contribution in [-0.4, -0.2) is 96.2 Å². The van der Waals surface area contributed by atoms with Gasteiger partial charge in [-0.3, -0.25) is 4.98 Å². The highest BCUT2D eigenvalue weighted by Crippen LogP contribution is 2.50. The van der Waals surface area contributed by atoms with E-state index in [0.29, 0.717) is 38.5 Å². The molecule has 0 radical (unpaired) electrons. The number of hydrogen-bond donors (Lipinski definition) is 2. The lowest BCUT2D eigenvalue weighted by atomic mass is 9.75.